The summed E-state index contributed by atoms with van der Waals surface area (Å²) in [5.74, 6) is 0.681. The van der Waals surface area contributed by atoms with Crippen LogP contribution in [0.5, 0.6) is 0 Å². The molecule has 0 amide bonds. The lowest BCUT2D eigenvalue weighted by Gasteiger charge is -2.35. The number of hydrogen-bond donors (Lipinski definition) is 0. The Morgan fingerprint density at radius 3 is 2.45 bits per heavy atom. The van der Waals surface area contributed by atoms with Gasteiger partial charge in [-0.05, 0) is 69.3 Å². The molecular weight excluding hydrogens is 432 g/mol. The summed E-state index contributed by atoms with van der Waals surface area (Å²) < 4.78 is 0.935. The molecule has 0 aliphatic heterocycles. The van der Waals surface area contributed by atoms with E-state index in [0.29, 0.717) is 18.4 Å². The highest BCUT2D eigenvalue weighted by molar-refractivity contribution is 9.10. The highest BCUT2D eigenvalue weighted by Gasteiger charge is 2.25. The van der Waals surface area contributed by atoms with Crippen molar-refractivity contribution in [1.29, 1.82) is 0 Å². The molecule has 1 fully saturated rings. The van der Waals surface area contributed by atoms with Crippen LogP contribution >= 0.6 is 15.9 Å². The number of ketones is 1. The van der Waals surface area contributed by atoms with Crippen molar-refractivity contribution in [3.63, 3.8) is 0 Å². The van der Waals surface area contributed by atoms with E-state index in [4.69, 9.17) is 0 Å². The predicted octanol–water partition coefficient (Wildman–Crippen LogP) is 5.98. The summed E-state index contributed by atoms with van der Waals surface area (Å²) >= 11 is 3.42. The molecule has 6 heteroatoms. The first-order chi connectivity index (χ1) is 13.9. The van der Waals surface area contributed by atoms with Crippen LogP contribution < -0.4 is 0 Å². The van der Waals surface area contributed by atoms with Gasteiger partial charge in [0, 0.05) is 34.6 Å². The van der Waals surface area contributed by atoms with Gasteiger partial charge in [0.15, 0.2) is 5.78 Å². The number of non-ortho nitro benzene ring substituents is 1. The molecule has 0 unspecified atom stereocenters. The number of nitro benzene ring substituents is 1. The minimum Gasteiger partial charge on any atom is -0.303 e. The standard InChI is InChI=1S/C23H27BrN2O3/c1-25(15-3-6-23(27)19-4-2-5-20(24)16-19)21-11-7-17(8-12-21)18-9-13-22(14-10-18)26(28)29/h2,4-5,9-10,13-14,16-17,21H,3,6-8,11-12,15H2,1H3. The number of rotatable bonds is 8. The van der Waals surface area contributed by atoms with Gasteiger partial charge in [0.2, 0.25) is 0 Å². The van der Waals surface area contributed by atoms with Crippen LogP contribution in [0.15, 0.2) is 53.0 Å². The average Bonchev–Trinajstić information content (AvgIpc) is 2.73. The van der Waals surface area contributed by atoms with E-state index in [9.17, 15) is 14.9 Å². The molecule has 0 aromatic heterocycles. The van der Waals surface area contributed by atoms with Crippen LogP contribution in [0, 0.1) is 10.1 Å². The molecular formula is C23H27BrN2O3. The minimum atomic E-state index is -0.350. The van der Waals surface area contributed by atoms with E-state index in [0.717, 1.165) is 48.7 Å². The van der Waals surface area contributed by atoms with E-state index >= 15 is 0 Å². The first-order valence-electron chi connectivity index (χ1n) is 10.2. The number of Topliss-reactive ketones (excluding diaryl/α,β-unsaturated/α-hetero) is 1. The summed E-state index contributed by atoms with van der Waals surface area (Å²) in [7, 11) is 2.15. The third-order valence-electron chi connectivity index (χ3n) is 5.96. The quantitative estimate of drug-likeness (QED) is 0.277. The molecule has 1 aliphatic carbocycles. The second-order valence-electron chi connectivity index (χ2n) is 7.87. The summed E-state index contributed by atoms with van der Waals surface area (Å²) in [6.07, 6.45) is 5.88. The minimum absolute atomic E-state index is 0.152. The predicted molar refractivity (Wildman–Crippen MR) is 118 cm³/mol. The zero-order valence-corrected chi connectivity index (χ0v) is 18.3. The number of nitro groups is 1. The van der Waals surface area contributed by atoms with E-state index < -0.39 is 0 Å². The average molecular weight is 459 g/mol. The fourth-order valence-electron chi connectivity index (χ4n) is 4.20. The van der Waals surface area contributed by atoms with Crippen molar-refractivity contribution in [2.75, 3.05) is 13.6 Å². The van der Waals surface area contributed by atoms with Crippen LogP contribution in [0.3, 0.4) is 0 Å². The second kappa shape index (κ2) is 10.1. The molecule has 0 radical (unpaired) electrons. The Labute approximate surface area is 180 Å². The van der Waals surface area contributed by atoms with Gasteiger partial charge in [0.25, 0.3) is 5.69 Å². The van der Waals surface area contributed by atoms with E-state index in [1.165, 1.54) is 5.56 Å². The maximum atomic E-state index is 12.3. The van der Waals surface area contributed by atoms with Crippen LogP contribution in [0.2, 0.25) is 0 Å². The molecule has 3 rings (SSSR count). The third kappa shape index (κ3) is 5.97. The topological polar surface area (TPSA) is 63.5 Å². The fraction of sp³-hybridized carbons (Fsp3) is 0.435. The van der Waals surface area contributed by atoms with Crippen molar-refractivity contribution in [3.8, 4) is 0 Å². The highest BCUT2D eigenvalue weighted by atomic mass is 79.9. The number of carbonyl (C=O) groups excluding carboxylic acids is 1. The summed E-state index contributed by atoms with van der Waals surface area (Å²) in [6, 6.07) is 15.1. The molecule has 2 aromatic rings. The van der Waals surface area contributed by atoms with Gasteiger partial charge < -0.3 is 4.90 Å². The third-order valence-corrected chi connectivity index (χ3v) is 6.45. The molecule has 154 valence electrons. The summed E-state index contributed by atoms with van der Waals surface area (Å²) in [5, 5.41) is 10.8. The van der Waals surface area contributed by atoms with Gasteiger partial charge in [-0.2, -0.15) is 0 Å². The van der Waals surface area contributed by atoms with Crippen LogP contribution in [-0.2, 0) is 0 Å². The molecule has 0 saturated heterocycles. The molecule has 0 N–H and O–H groups in total. The second-order valence-corrected chi connectivity index (χ2v) is 8.79. The largest absolute Gasteiger partial charge is 0.303 e. The number of carbonyl (C=O) groups is 1. The molecule has 29 heavy (non-hydrogen) atoms. The Morgan fingerprint density at radius 2 is 1.83 bits per heavy atom. The SMILES string of the molecule is CN(CCCC(=O)c1cccc(Br)c1)C1CCC(c2ccc([N+](=O)[O-])cc2)CC1. The molecule has 0 heterocycles. The van der Waals surface area contributed by atoms with Crippen molar-refractivity contribution in [2.45, 2.75) is 50.5 Å². The van der Waals surface area contributed by atoms with Gasteiger partial charge in [0.05, 0.1) is 4.92 Å². The van der Waals surface area contributed by atoms with Crippen LogP contribution in [0.1, 0.15) is 60.4 Å². The molecule has 1 saturated carbocycles. The fourth-order valence-corrected chi connectivity index (χ4v) is 4.60. The number of halogens is 1. The lowest BCUT2D eigenvalue weighted by Crippen LogP contribution is -2.35. The lowest BCUT2D eigenvalue weighted by molar-refractivity contribution is -0.384. The van der Waals surface area contributed by atoms with Crippen LogP contribution in [-0.4, -0.2) is 35.2 Å². The molecule has 0 atom stereocenters. The molecule has 5 nitrogen and oxygen atoms in total. The van der Waals surface area contributed by atoms with E-state index in [1.54, 1.807) is 12.1 Å². The van der Waals surface area contributed by atoms with E-state index in [2.05, 4.69) is 27.9 Å². The molecule has 0 bridgehead atoms. The first-order valence-corrected chi connectivity index (χ1v) is 11.0. The van der Waals surface area contributed by atoms with Crippen LogP contribution in [0.25, 0.3) is 0 Å². The molecule has 1 aliphatic rings. The maximum absolute atomic E-state index is 12.3. The van der Waals surface area contributed by atoms with Crippen molar-refractivity contribution < 1.29 is 9.72 Å². The maximum Gasteiger partial charge on any atom is 0.269 e. The Morgan fingerprint density at radius 1 is 1.14 bits per heavy atom. The highest BCUT2D eigenvalue weighted by Crippen LogP contribution is 2.35. The zero-order chi connectivity index (χ0) is 20.8. The van der Waals surface area contributed by atoms with Gasteiger partial charge in [-0.3, -0.25) is 14.9 Å². The number of hydrogen-bond acceptors (Lipinski definition) is 4. The summed E-state index contributed by atoms with van der Waals surface area (Å²) in [6.45, 7) is 0.923. The van der Waals surface area contributed by atoms with Gasteiger partial charge in [-0.25, -0.2) is 0 Å². The molecule has 2 aromatic carbocycles. The van der Waals surface area contributed by atoms with Gasteiger partial charge in [-0.1, -0.05) is 40.2 Å². The zero-order valence-electron chi connectivity index (χ0n) is 16.7. The first kappa shape index (κ1) is 21.7. The van der Waals surface area contributed by atoms with Crippen molar-refractivity contribution in [2.24, 2.45) is 0 Å². The Balaban J connectivity index is 1.42. The van der Waals surface area contributed by atoms with E-state index in [1.807, 2.05) is 36.4 Å². The molecule has 0 spiro atoms. The van der Waals surface area contributed by atoms with Gasteiger partial charge in [0.1, 0.15) is 0 Å². The lowest BCUT2D eigenvalue weighted by atomic mass is 9.81. The van der Waals surface area contributed by atoms with Crippen molar-refractivity contribution in [3.05, 3.63) is 74.2 Å². The Kier molecular flexibility index (Phi) is 7.56. The Bertz CT molecular complexity index is 845. The van der Waals surface area contributed by atoms with Crippen LogP contribution in [0.4, 0.5) is 5.69 Å². The smallest absolute Gasteiger partial charge is 0.269 e. The van der Waals surface area contributed by atoms with Gasteiger partial charge >= 0.3 is 0 Å². The normalized spacial score (nSPS) is 19.3. The number of nitrogens with zero attached hydrogens (tertiary/aromatic N) is 2. The number of benzene rings is 2. The Hall–Kier alpha value is -2.05. The van der Waals surface area contributed by atoms with E-state index in [-0.39, 0.29) is 16.4 Å². The summed E-state index contributed by atoms with van der Waals surface area (Å²) in [4.78, 5) is 25.2. The van der Waals surface area contributed by atoms with Crippen molar-refractivity contribution >= 4 is 27.4 Å². The van der Waals surface area contributed by atoms with Gasteiger partial charge in [-0.15, -0.1) is 0 Å². The monoisotopic (exact) mass is 458 g/mol. The van der Waals surface area contributed by atoms with Crippen molar-refractivity contribution in [1.82, 2.24) is 4.90 Å². The summed E-state index contributed by atoms with van der Waals surface area (Å²) in [5.41, 5.74) is 2.13.